The number of carbonyl (C=O) groups is 1. The van der Waals surface area contributed by atoms with E-state index in [4.69, 9.17) is 16.3 Å². The molecule has 0 spiro atoms. The predicted molar refractivity (Wildman–Crippen MR) is 126 cm³/mol. The molecule has 1 aliphatic carbocycles. The van der Waals surface area contributed by atoms with E-state index in [0.29, 0.717) is 16.1 Å². The van der Waals surface area contributed by atoms with Crippen LogP contribution in [0.1, 0.15) is 41.7 Å². The van der Waals surface area contributed by atoms with E-state index in [2.05, 4.69) is 25.5 Å². The smallest absolute Gasteiger partial charge is 0.259 e. The number of carbonyl (C=O) groups excluding carboxylic acids is 1. The number of methoxy groups -OCH3 is 1. The van der Waals surface area contributed by atoms with E-state index in [1.165, 1.54) is 30.8 Å². The molecule has 33 heavy (non-hydrogen) atoms. The van der Waals surface area contributed by atoms with E-state index < -0.39 is 11.7 Å². The summed E-state index contributed by atoms with van der Waals surface area (Å²) in [5.74, 6) is -1.16. The number of hydrogen-bond donors (Lipinski definition) is 2. The van der Waals surface area contributed by atoms with Crippen LogP contribution >= 0.6 is 34.7 Å². The highest BCUT2D eigenvalue weighted by Gasteiger charge is 2.25. The third-order valence-electron chi connectivity index (χ3n) is 5.25. The minimum Gasteiger partial charge on any atom is -0.494 e. The molecule has 3 heterocycles. The lowest BCUT2D eigenvalue weighted by Gasteiger charge is -2.23. The Kier molecular flexibility index (Phi) is 7.42. The number of amides is 1. The highest BCUT2D eigenvalue weighted by Crippen LogP contribution is 2.38. The fourth-order valence-electron chi connectivity index (χ4n) is 3.58. The van der Waals surface area contributed by atoms with Crippen molar-refractivity contribution in [2.45, 2.75) is 48.3 Å². The molecule has 4 rings (SSSR count). The molecule has 1 amide bonds. The maximum Gasteiger partial charge on any atom is 0.259 e. The number of nitrogens with zero attached hydrogens (tertiary/aromatic N) is 4. The minimum absolute atomic E-state index is 0.0288. The second-order valence-electron chi connectivity index (χ2n) is 7.55. The molecule has 12 heteroatoms. The number of thioether (sulfide) groups is 1. The number of aliphatic hydroxyl groups is 1. The predicted octanol–water partition coefficient (Wildman–Crippen LogP) is 4.75. The highest BCUT2D eigenvalue weighted by atomic mass is 35.5. The summed E-state index contributed by atoms with van der Waals surface area (Å²) in [5.41, 5.74) is 1.02. The molecule has 8 nitrogen and oxygen atoms in total. The van der Waals surface area contributed by atoms with Crippen LogP contribution in [0.5, 0.6) is 5.75 Å². The van der Waals surface area contributed by atoms with Gasteiger partial charge in [0.25, 0.3) is 5.91 Å². The Bertz CT molecular complexity index is 1170. The quantitative estimate of drug-likeness (QED) is 0.362. The zero-order chi connectivity index (χ0) is 23.5. The lowest BCUT2D eigenvalue weighted by atomic mass is 9.97. The first-order valence-corrected chi connectivity index (χ1v) is 12.3. The number of hydrogen-bond acceptors (Lipinski definition) is 9. The van der Waals surface area contributed by atoms with Crippen molar-refractivity contribution in [2.75, 3.05) is 12.4 Å². The first-order valence-electron chi connectivity index (χ1n) is 10.2. The van der Waals surface area contributed by atoms with Crippen LogP contribution in [0.3, 0.4) is 0 Å². The second kappa shape index (κ2) is 10.3. The molecule has 3 aromatic heterocycles. The molecule has 0 bridgehead atoms. The number of aryl methyl sites for hydroxylation is 1. The maximum atomic E-state index is 14.9. The van der Waals surface area contributed by atoms with Crippen molar-refractivity contribution in [2.24, 2.45) is 0 Å². The van der Waals surface area contributed by atoms with E-state index in [0.717, 1.165) is 30.0 Å². The zero-order valence-electron chi connectivity index (χ0n) is 17.8. The molecule has 0 aromatic carbocycles. The minimum atomic E-state index is -0.789. The van der Waals surface area contributed by atoms with Gasteiger partial charge in [-0.05, 0) is 38.7 Å². The average Bonchev–Trinajstić information content (AvgIpc) is 3.23. The van der Waals surface area contributed by atoms with Crippen LogP contribution in [0, 0.1) is 12.7 Å². The van der Waals surface area contributed by atoms with Crippen molar-refractivity contribution in [3.8, 4) is 16.9 Å². The SMILES string of the molecule is COc1cnc(Cl)c(F)c1-c1cc(C)ncc1C(=O)Nc1nnc(SC2CCC(O)CC2)s1. The highest BCUT2D eigenvalue weighted by molar-refractivity contribution is 8.01. The zero-order valence-corrected chi connectivity index (χ0v) is 20.2. The van der Waals surface area contributed by atoms with Crippen LogP contribution in [0.25, 0.3) is 11.1 Å². The Hall–Kier alpha value is -2.34. The van der Waals surface area contributed by atoms with Crippen LogP contribution in [0.4, 0.5) is 9.52 Å². The molecule has 0 radical (unpaired) electrons. The first-order chi connectivity index (χ1) is 15.9. The van der Waals surface area contributed by atoms with Gasteiger partial charge in [-0.3, -0.25) is 15.1 Å². The molecule has 2 N–H and O–H groups in total. The number of nitrogens with one attached hydrogen (secondary N) is 1. The van der Waals surface area contributed by atoms with Gasteiger partial charge in [0.15, 0.2) is 15.3 Å². The topological polar surface area (TPSA) is 110 Å². The van der Waals surface area contributed by atoms with Gasteiger partial charge in [0.2, 0.25) is 5.13 Å². The number of halogens is 2. The van der Waals surface area contributed by atoms with Gasteiger partial charge in [-0.2, -0.15) is 0 Å². The maximum absolute atomic E-state index is 14.9. The first kappa shape index (κ1) is 23.8. The van der Waals surface area contributed by atoms with Crippen molar-refractivity contribution in [1.82, 2.24) is 20.2 Å². The van der Waals surface area contributed by atoms with Gasteiger partial charge >= 0.3 is 0 Å². The normalized spacial score (nSPS) is 18.2. The Balaban J connectivity index is 1.57. The van der Waals surface area contributed by atoms with Gasteiger partial charge in [-0.25, -0.2) is 9.37 Å². The summed E-state index contributed by atoms with van der Waals surface area (Å²) >= 11 is 8.76. The molecular formula is C21H21ClFN5O3S2. The fourth-order valence-corrected chi connectivity index (χ4v) is 5.91. The molecular weight excluding hydrogens is 489 g/mol. The van der Waals surface area contributed by atoms with Gasteiger partial charge in [0.1, 0.15) is 5.75 Å². The number of rotatable bonds is 6. The van der Waals surface area contributed by atoms with Gasteiger partial charge in [0.05, 0.1) is 30.5 Å². The van der Waals surface area contributed by atoms with Crippen molar-refractivity contribution in [3.05, 3.63) is 40.7 Å². The van der Waals surface area contributed by atoms with Gasteiger partial charge in [-0.15, -0.1) is 10.2 Å². The van der Waals surface area contributed by atoms with Crippen LogP contribution in [0.15, 0.2) is 22.8 Å². The van der Waals surface area contributed by atoms with E-state index >= 15 is 0 Å². The van der Waals surface area contributed by atoms with Gasteiger partial charge in [0, 0.05) is 22.7 Å². The molecule has 3 aromatic rings. The van der Waals surface area contributed by atoms with Crippen molar-refractivity contribution < 1.29 is 19.0 Å². The van der Waals surface area contributed by atoms with Crippen LogP contribution < -0.4 is 10.1 Å². The summed E-state index contributed by atoms with van der Waals surface area (Å²) < 4.78 is 20.9. The number of anilines is 1. The van der Waals surface area contributed by atoms with Crippen molar-refractivity contribution in [3.63, 3.8) is 0 Å². The standard InChI is InChI=1S/C21H21ClFN5O3S2/c1-10-7-13(16-15(31-2)9-25-18(22)17(16)23)14(8-24-10)19(30)26-20-27-28-21(33-20)32-12-5-3-11(29)4-6-12/h7-9,11-12,29H,3-6H2,1-2H3,(H,26,27,30). The average molecular weight is 510 g/mol. The lowest BCUT2D eigenvalue weighted by molar-refractivity contribution is 0.102. The van der Waals surface area contributed by atoms with Gasteiger partial charge < -0.3 is 9.84 Å². The van der Waals surface area contributed by atoms with E-state index in [1.54, 1.807) is 24.8 Å². The van der Waals surface area contributed by atoms with Crippen molar-refractivity contribution >= 4 is 45.7 Å². The van der Waals surface area contributed by atoms with E-state index in [1.807, 2.05) is 0 Å². The Morgan fingerprint density at radius 3 is 2.76 bits per heavy atom. The third-order valence-corrected chi connectivity index (χ3v) is 7.78. The molecule has 1 saturated carbocycles. The molecule has 0 atom stereocenters. The van der Waals surface area contributed by atoms with Crippen molar-refractivity contribution in [1.29, 1.82) is 0 Å². The van der Waals surface area contributed by atoms with Crippen LogP contribution in [-0.2, 0) is 0 Å². The summed E-state index contributed by atoms with van der Waals surface area (Å²) in [4.78, 5) is 21.1. The Morgan fingerprint density at radius 1 is 1.27 bits per heavy atom. The molecule has 0 saturated heterocycles. The summed E-state index contributed by atoms with van der Waals surface area (Å²) in [7, 11) is 1.38. The summed E-state index contributed by atoms with van der Waals surface area (Å²) in [5, 5.41) is 21.0. The number of aliphatic hydroxyl groups excluding tert-OH is 1. The molecule has 0 unspecified atom stereocenters. The van der Waals surface area contributed by atoms with Crippen LogP contribution in [-0.4, -0.2) is 49.6 Å². The Labute approximate surface area is 203 Å². The van der Waals surface area contributed by atoms with E-state index in [-0.39, 0.29) is 33.7 Å². The number of pyridine rings is 2. The molecule has 0 aliphatic heterocycles. The monoisotopic (exact) mass is 509 g/mol. The lowest BCUT2D eigenvalue weighted by Crippen LogP contribution is -2.19. The molecule has 174 valence electrons. The van der Waals surface area contributed by atoms with Gasteiger partial charge in [-0.1, -0.05) is 34.7 Å². The largest absolute Gasteiger partial charge is 0.494 e. The summed E-state index contributed by atoms with van der Waals surface area (Å²) in [6, 6.07) is 1.59. The number of aromatic nitrogens is 4. The fraction of sp³-hybridized carbons (Fsp3) is 0.381. The third kappa shape index (κ3) is 5.43. The second-order valence-corrected chi connectivity index (χ2v) is 10.4. The molecule has 1 aliphatic rings. The summed E-state index contributed by atoms with van der Waals surface area (Å²) in [6.45, 7) is 1.73. The number of ether oxygens (including phenoxy) is 1. The summed E-state index contributed by atoms with van der Waals surface area (Å²) in [6.07, 6.45) is 5.83. The van der Waals surface area contributed by atoms with E-state index in [9.17, 15) is 14.3 Å². The van der Waals surface area contributed by atoms with Crippen LogP contribution in [0.2, 0.25) is 5.15 Å². The Morgan fingerprint density at radius 2 is 2.03 bits per heavy atom. The molecule has 1 fully saturated rings.